The molecular formula is C18H23FN2O2. The largest absolute Gasteiger partial charge is 0.349 e. The van der Waals surface area contributed by atoms with Crippen molar-refractivity contribution in [1.82, 2.24) is 9.80 Å². The van der Waals surface area contributed by atoms with E-state index in [0.29, 0.717) is 13.1 Å². The van der Waals surface area contributed by atoms with Crippen molar-refractivity contribution in [3.05, 3.63) is 35.6 Å². The summed E-state index contributed by atoms with van der Waals surface area (Å²) in [6, 6.07) is 6.29. The van der Waals surface area contributed by atoms with Gasteiger partial charge in [-0.25, -0.2) is 4.39 Å². The van der Waals surface area contributed by atoms with Crippen molar-refractivity contribution < 1.29 is 14.0 Å². The van der Waals surface area contributed by atoms with Crippen LogP contribution in [0.15, 0.2) is 24.3 Å². The van der Waals surface area contributed by atoms with E-state index in [1.54, 1.807) is 31.1 Å². The number of hydrogen-bond donors (Lipinski definition) is 0. The van der Waals surface area contributed by atoms with Crippen LogP contribution in [0.2, 0.25) is 0 Å². The zero-order valence-electron chi connectivity index (χ0n) is 13.7. The summed E-state index contributed by atoms with van der Waals surface area (Å²) in [6.45, 7) is 1.26. The average Bonchev–Trinajstić information content (AvgIpc) is 3.36. The Hall–Kier alpha value is -1.91. The molecule has 0 radical (unpaired) electrons. The molecule has 0 unspecified atom stereocenters. The minimum Gasteiger partial charge on any atom is -0.349 e. The quantitative estimate of drug-likeness (QED) is 0.857. The van der Waals surface area contributed by atoms with E-state index in [0.717, 1.165) is 31.2 Å². The SMILES string of the molecule is CN(C)C(=O)C1CCN(C(=O)C2(c3ccc(F)cc3)CC2)CC1. The van der Waals surface area contributed by atoms with Crippen molar-refractivity contribution in [2.75, 3.05) is 27.2 Å². The second-order valence-electron chi connectivity index (χ2n) is 6.89. The van der Waals surface area contributed by atoms with Crippen molar-refractivity contribution in [3.8, 4) is 0 Å². The zero-order valence-corrected chi connectivity index (χ0v) is 13.7. The Morgan fingerprint density at radius 3 is 2.17 bits per heavy atom. The lowest BCUT2D eigenvalue weighted by Crippen LogP contribution is -2.46. The van der Waals surface area contributed by atoms with Crippen LogP contribution >= 0.6 is 0 Å². The Labute approximate surface area is 136 Å². The fraction of sp³-hybridized carbons (Fsp3) is 0.556. The Morgan fingerprint density at radius 1 is 1.13 bits per heavy atom. The van der Waals surface area contributed by atoms with Gasteiger partial charge in [0.15, 0.2) is 0 Å². The summed E-state index contributed by atoms with van der Waals surface area (Å²) in [5.41, 5.74) is 0.460. The molecular weight excluding hydrogens is 295 g/mol. The van der Waals surface area contributed by atoms with Crippen LogP contribution in [0.1, 0.15) is 31.2 Å². The Morgan fingerprint density at radius 2 is 1.70 bits per heavy atom. The summed E-state index contributed by atoms with van der Waals surface area (Å²) in [7, 11) is 3.54. The summed E-state index contributed by atoms with van der Waals surface area (Å²) >= 11 is 0. The maximum Gasteiger partial charge on any atom is 0.233 e. The Balaban J connectivity index is 1.66. The molecule has 4 nitrogen and oxygen atoms in total. The van der Waals surface area contributed by atoms with E-state index >= 15 is 0 Å². The molecule has 1 saturated heterocycles. The van der Waals surface area contributed by atoms with Gasteiger partial charge in [-0.3, -0.25) is 9.59 Å². The predicted molar refractivity (Wildman–Crippen MR) is 85.3 cm³/mol. The second kappa shape index (κ2) is 5.95. The van der Waals surface area contributed by atoms with Gasteiger partial charge in [0.2, 0.25) is 11.8 Å². The maximum atomic E-state index is 13.1. The highest BCUT2D eigenvalue weighted by atomic mass is 19.1. The van der Waals surface area contributed by atoms with Crippen LogP contribution < -0.4 is 0 Å². The van der Waals surface area contributed by atoms with Gasteiger partial charge in [-0.05, 0) is 43.4 Å². The van der Waals surface area contributed by atoms with Crippen molar-refractivity contribution in [2.45, 2.75) is 31.1 Å². The number of carbonyl (C=O) groups excluding carboxylic acids is 2. The Bertz CT molecular complexity index is 600. The third-order valence-electron chi connectivity index (χ3n) is 5.13. The summed E-state index contributed by atoms with van der Waals surface area (Å²) in [5, 5.41) is 0. The van der Waals surface area contributed by atoms with E-state index in [9.17, 15) is 14.0 Å². The first-order valence-electron chi connectivity index (χ1n) is 8.20. The van der Waals surface area contributed by atoms with Gasteiger partial charge in [-0.15, -0.1) is 0 Å². The lowest BCUT2D eigenvalue weighted by Gasteiger charge is -2.34. The molecule has 1 aromatic carbocycles. The molecule has 124 valence electrons. The van der Waals surface area contributed by atoms with Gasteiger partial charge >= 0.3 is 0 Å². The lowest BCUT2D eigenvalue weighted by atomic mass is 9.91. The van der Waals surface area contributed by atoms with Crippen molar-refractivity contribution >= 4 is 11.8 Å². The van der Waals surface area contributed by atoms with E-state index in [2.05, 4.69) is 0 Å². The highest BCUT2D eigenvalue weighted by Gasteiger charge is 2.53. The molecule has 3 rings (SSSR count). The van der Waals surface area contributed by atoms with Crippen molar-refractivity contribution in [2.24, 2.45) is 5.92 Å². The monoisotopic (exact) mass is 318 g/mol. The average molecular weight is 318 g/mol. The summed E-state index contributed by atoms with van der Waals surface area (Å²) in [4.78, 5) is 28.5. The van der Waals surface area contributed by atoms with Gasteiger partial charge < -0.3 is 9.80 Å². The number of hydrogen-bond acceptors (Lipinski definition) is 2. The van der Waals surface area contributed by atoms with Crippen molar-refractivity contribution in [1.29, 1.82) is 0 Å². The van der Waals surface area contributed by atoms with Gasteiger partial charge in [0.25, 0.3) is 0 Å². The van der Waals surface area contributed by atoms with Crippen LogP contribution in [0.25, 0.3) is 0 Å². The third kappa shape index (κ3) is 2.96. The van der Waals surface area contributed by atoms with Gasteiger partial charge in [0.1, 0.15) is 5.82 Å². The highest BCUT2D eigenvalue weighted by molar-refractivity contribution is 5.91. The molecule has 1 saturated carbocycles. The molecule has 5 heteroatoms. The third-order valence-corrected chi connectivity index (χ3v) is 5.13. The van der Waals surface area contributed by atoms with E-state index in [-0.39, 0.29) is 23.5 Å². The van der Waals surface area contributed by atoms with E-state index < -0.39 is 5.41 Å². The summed E-state index contributed by atoms with van der Waals surface area (Å²) in [6.07, 6.45) is 3.10. The topological polar surface area (TPSA) is 40.6 Å². The number of carbonyl (C=O) groups is 2. The highest BCUT2D eigenvalue weighted by Crippen LogP contribution is 2.50. The standard InChI is InChI=1S/C18H23FN2O2/c1-20(2)16(22)13-7-11-21(12-8-13)17(23)18(9-10-18)14-3-5-15(19)6-4-14/h3-6,13H,7-12H2,1-2H3. The molecule has 0 spiro atoms. The van der Waals surface area contributed by atoms with Crippen LogP contribution in [0.3, 0.4) is 0 Å². The molecule has 0 aromatic heterocycles. The molecule has 2 fully saturated rings. The van der Waals surface area contributed by atoms with Crippen LogP contribution in [-0.2, 0) is 15.0 Å². The van der Waals surface area contributed by atoms with E-state index in [1.165, 1.54) is 12.1 Å². The number of likely N-dealkylation sites (tertiary alicyclic amines) is 1. The van der Waals surface area contributed by atoms with Gasteiger partial charge in [0, 0.05) is 33.1 Å². The van der Waals surface area contributed by atoms with Crippen molar-refractivity contribution in [3.63, 3.8) is 0 Å². The van der Waals surface area contributed by atoms with Crippen LogP contribution in [-0.4, -0.2) is 48.8 Å². The molecule has 2 amide bonds. The van der Waals surface area contributed by atoms with Crippen LogP contribution in [0, 0.1) is 11.7 Å². The first-order valence-corrected chi connectivity index (χ1v) is 8.20. The zero-order chi connectivity index (χ0) is 16.6. The lowest BCUT2D eigenvalue weighted by molar-refractivity contribution is -0.140. The Kier molecular flexibility index (Phi) is 4.13. The van der Waals surface area contributed by atoms with E-state index in [1.807, 2.05) is 4.90 Å². The number of halogens is 1. The number of amides is 2. The predicted octanol–water partition coefficient (Wildman–Crippen LogP) is 2.18. The molecule has 1 aliphatic heterocycles. The second-order valence-corrected chi connectivity index (χ2v) is 6.89. The minimum absolute atomic E-state index is 0.0232. The first kappa shape index (κ1) is 16.0. The van der Waals surface area contributed by atoms with Crippen LogP contribution in [0.4, 0.5) is 4.39 Å². The number of nitrogens with zero attached hydrogens (tertiary/aromatic N) is 2. The normalized spacial score (nSPS) is 20.2. The fourth-order valence-electron chi connectivity index (χ4n) is 3.52. The molecule has 2 aliphatic rings. The molecule has 1 aliphatic carbocycles. The number of benzene rings is 1. The number of rotatable bonds is 3. The molecule has 0 atom stereocenters. The van der Waals surface area contributed by atoms with Gasteiger partial charge in [-0.1, -0.05) is 12.1 Å². The smallest absolute Gasteiger partial charge is 0.233 e. The molecule has 1 aromatic rings. The molecule has 0 bridgehead atoms. The molecule has 23 heavy (non-hydrogen) atoms. The molecule has 1 heterocycles. The fourth-order valence-corrected chi connectivity index (χ4v) is 3.52. The first-order chi connectivity index (χ1) is 10.9. The summed E-state index contributed by atoms with van der Waals surface area (Å²) < 4.78 is 13.1. The maximum absolute atomic E-state index is 13.1. The summed E-state index contributed by atoms with van der Waals surface area (Å²) in [5.74, 6) is 0.0339. The van der Waals surface area contributed by atoms with Gasteiger partial charge in [-0.2, -0.15) is 0 Å². The van der Waals surface area contributed by atoms with E-state index in [4.69, 9.17) is 0 Å². The van der Waals surface area contributed by atoms with Crippen LogP contribution in [0.5, 0.6) is 0 Å². The number of piperidine rings is 1. The minimum atomic E-state index is -0.452. The molecule has 0 N–H and O–H groups in total. The van der Waals surface area contributed by atoms with Gasteiger partial charge in [0.05, 0.1) is 5.41 Å².